The van der Waals surface area contributed by atoms with E-state index < -0.39 is 0 Å². The molecule has 0 bridgehead atoms. The summed E-state index contributed by atoms with van der Waals surface area (Å²) < 4.78 is 6.76. The van der Waals surface area contributed by atoms with Gasteiger partial charge in [0.25, 0.3) is 5.91 Å². The van der Waals surface area contributed by atoms with Gasteiger partial charge in [0.15, 0.2) is 5.15 Å². The van der Waals surface area contributed by atoms with Crippen LogP contribution in [0.4, 0.5) is 5.69 Å². The number of nitrogens with zero attached hydrogens (tertiary/aromatic N) is 4. The van der Waals surface area contributed by atoms with Crippen LogP contribution < -0.4 is 4.90 Å². The largest absolute Gasteiger partial charge is 0.372 e. The molecule has 0 unspecified atom stereocenters. The maximum absolute atomic E-state index is 12.1. The van der Waals surface area contributed by atoms with Crippen LogP contribution in [0.15, 0.2) is 30.7 Å². The number of hydrogen-bond donors (Lipinski definition) is 0. The molecule has 0 radical (unpaired) electrons. The first-order valence-electron chi connectivity index (χ1n) is 6.71. The van der Waals surface area contributed by atoms with Crippen molar-refractivity contribution >= 4 is 23.2 Å². The van der Waals surface area contributed by atoms with E-state index >= 15 is 0 Å². The fraction of sp³-hybridized carbons (Fsp3) is 0.357. The Labute approximate surface area is 128 Å². The average molecular weight is 309 g/mol. The molecule has 0 saturated heterocycles. The van der Waals surface area contributed by atoms with Crippen LogP contribution in [0.2, 0.25) is 5.15 Å². The average Bonchev–Trinajstić information content (AvgIpc) is 2.89. The number of rotatable bonds is 6. The van der Waals surface area contributed by atoms with Crippen molar-refractivity contribution in [2.24, 2.45) is 0 Å². The van der Waals surface area contributed by atoms with Crippen molar-refractivity contribution in [3.05, 3.63) is 35.9 Å². The second-order valence-electron chi connectivity index (χ2n) is 4.24. The number of halogens is 1. The Hall–Kier alpha value is -1.92. The summed E-state index contributed by atoms with van der Waals surface area (Å²) in [5.41, 5.74) is 1.34. The van der Waals surface area contributed by atoms with Crippen LogP contribution >= 0.6 is 11.6 Å². The Kier molecular flexibility index (Phi) is 5.30. The molecule has 0 aliphatic rings. The third kappa shape index (κ3) is 3.59. The van der Waals surface area contributed by atoms with Crippen molar-refractivity contribution in [3.8, 4) is 5.69 Å². The number of ether oxygens (including phenoxy) is 1. The van der Waals surface area contributed by atoms with Gasteiger partial charge in [-0.25, -0.2) is 4.68 Å². The highest BCUT2D eigenvalue weighted by molar-refractivity contribution is 6.32. The van der Waals surface area contributed by atoms with Crippen molar-refractivity contribution in [1.29, 1.82) is 0 Å². The Morgan fingerprint density at radius 3 is 2.90 bits per heavy atom. The standard InChI is InChI=1S/C14H17ClN4O2/c1-3-18(13(20)10-21-4-2)12-9-19(17-14(12)15)11-6-5-7-16-8-11/h5-9H,3-4,10H2,1-2H3. The van der Waals surface area contributed by atoms with E-state index in [1.807, 2.05) is 26.0 Å². The van der Waals surface area contributed by atoms with E-state index in [0.29, 0.717) is 18.8 Å². The van der Waals surface area contributed by atoms with Gasteiger partial charge in [-0.05, 0) is 26.0 Å². The summed E-state index contributed by atoms with van der Waals surface area (Å²) in [6, 6.07) is 3.67. The number of likely N-dealkylation sites (N-methyl/N-ethyl adjacent to an activating group) is 1. The Morgan fingerprint density at radius 2 is 2.29 bits per heavy atom. The van der Waals surface area contributed by atoms with Gasteiger partial charge >= 0.3 is 0 Å². The highest BCUT2D eigenvalue weighted by Gasteiger charge is 2.20. The first-order valence-corrected chi connectivity index (χ1v) is 7.08. The lowest BCUT2D eigenvalue weighted by molar-refractivity contribution is -0.122. The first-order chi connectivity index (χ1) is 10.2. The quantitative estimate of drug-likeness (QED) is 0.821. The number of hydrogen-bond acceptors (Lipinski definition) is 4. The molecule has 0 atom stereocenters. The summed E-state index contributed by atoms with van der Waals surface area (Å²) in [6.45, 7) is 4.73. The van der Waals surface area contributed by atoms with Crippen molar-refractivity contribution in [3.63, 3.8) is 0 Å². The monoisotopic (exact) mass is 308 g/mol. The Bertz CT molecular complexity index is 600. The lowest BCUT2D eigenvalue weighted by Crippen LogP contribution is -2.33. The molecule has 0 aromatic carbocycles. The summed E-state index contributed by atoms with van der Waals surface area (Å²) in [5.74, 6) is -0.146. The molecule has 0 N–H and O–H groups in total. The summed E-state index contributed by atoms with van der Waals surface area (Å²) in [5, 5.41) is 4.49. The molecule has 2 heterocycles. The van der Waals surface area contributed by atoms with Gasteiger partial charge in [-0.2, -0.15) is 5.10 Å². The molecule has 0 spiro atoms. The van der Waals surface area contributed by atoms with Crippen LogP contribution in [0, 0.1) is 0 Å². The molecule has 6 nitrogen and oxygen atoms in total. The zero-order valence-electron chi connectivity index (χ0n) is 12.0. The fourth-order valence-corrected chi connectivity index (χ4v) is 2.13. The van der Waals surface area contributed by atoms with Gasteiger partial charge in [-0.15, -0.1) is 0 Å². The highest BCUT2D eigenvalue weighted by Crippen LogP contribution is 2.25. The number of aromatic nitrogens is 3. The molecular weight excluding hydrogens is 292 g/mol. The molecule has 0 aliphatic carbocycles. The molecule has 0 aliphatic heterocycles. The lowest BCUT2D eigenvalue weighted by atomic mass is 10.4. The second kappa shape index (κ2) is 7.19. The predicted octanol–water partition coefficient (Wildman–Crippen LogP) is 2.31. The summed E-state index contributed by atoms with van der Waals surface area (Å²) >= 11 is 6.16. The number of pyridine rings is 1. The van der Waals surface area contributed by atoms with Gasteiger partial charge in [0, 0.05) is 19.3 Å². The van der Waals surface area contributed by atoms with Gasteiger partial charge in [-0.3, -0.25) is 9.78 Å². The maximum Gasteiger partial charge on any atom is 0.253 e. The van der Waals surface area contributed by atoms with E-state index in [-0.39, 0.29) is 17.7 Å². The molecule has 2 rings (SSSR count). The van der Waals surface area contributed by atoms with Crippen LogP contribution in [0.5, 0.6) is 0 Å². The van der Waals surface area contributed by atoms with Crippen LogP contribution in [0.3, 0.4) is 0 Å². The smallest absolute Gasteiger partial charge is 0.253 e. The minimum absolute atomic E-state index is 0.0265. The summed E-state index contributed by atoms with van der Waals surface area (Å²) in [6.07, 6.45) is 5.07. The third-order valence-corrected chi connectivity index (χ3v) is 3.17. The normalized spacial score (nSPS) is 10.6. The van der Waals surface area contributed by atoms with Gasteiger partial charge in [-0.1, -0.05) is 11.6 Å². The Balaban J connectivity index is 2.27. The fourth-order valence-electron chi connectivity index (χ4n) is 1.89. The molecule has 112 valence electrons. The number of carbonyl (C=O) groups is 1. The molecule has 2 aromatic rings. The molecule has 2 aromatic heterocycles. The molecule has 1 amide bonds. The number of anilines is 1. The van der Waals surface area contributed by atoms with Gasteiger partial charge in [0.05, 0.1) is 18.1 Å². The molecule has 0 saturated carbocycles. The van der Waals surface area contributed by atoms with Crippen LogP contribution in [-0.2, 0) is 9.53 Å². The maximum atomic E-state index is 12.1. The summed E-state index contributed by atoms with van der Waals surface area (Å²) in [4.78, 5) is 17.7. The van der Waals surface area contributed by atoms with Crippen LogP contribution in [-0.4, -0.2) is 40.4 Å². The van der Waals surface area contributed by atoms with Gasteiger partial charge in [0.2, 0.25) is 0 Å². The van der Waals surface area contributed by atoms with Gasteiger partial charge < -0.3 is 9.64 Å². The van der Waals surface area contributed by atoms with Crippen molar-refractivity contribution in [1.82, 2.24) is 14.8 Å². The molecule has 21 heavy (non-hydrogen) atoms. The number of amides is 1. The van der Waals surface area contributed by atoms with E-state index in [9.17, 15) is 4.79 Å². The van der Waals surface area contributed by atoms with Crippen molar-refractivity contribution in [2.45, 2.75) is 13.8 Å². The van der Waals surface area contributed by atoms with E-state index in [1.54, 1.807) is 28.2 Å². The molecular formula is C14H17ClN4O2. The molecule has 7 heteroatoms. The van der Waals surface area contributed by atoms with Gasteiger partial charge in [0.1, 0.15) is 12.3 Å². The SMILES string of the molecule is CCOCC(=O)N(CC)c1cn(-c2cccnc2)nc1Cl. The van der Waals surface area contributed by atoms with Crippen molar-refractivity contribution in [2.75, 3.05) is 24.7 Å². The van der Waals surface area contributed by atoms with E-state index in [1.165, 1.54) is 0 Å². The molecule has 0 fully saturated rings. The van der Waals surface area contributed by atoms with Crippen molar-refractivity contribution < 1.29 is 9.53 Å². The Morgan fingerprint density at radius 1 is 1.48 bits per heavy atom. The zero-order valence-corrected chi connectivity index (χ0v) is 12.7. The van der Waals surface area contributed by atoms with Crippen LogP contribution in [0.1, 0.15) is 13.8 Å². The predicted molar refractivity (Wildman–Crippen MR) is 80.9 cm³/mol. The summed E-state index contributed by atoms with van der Waals surface area (Å²) in [7, 11) is 0. The van der Waals surface area contributed by atoms with E-state index in [2.05, 4.69) is 10.1 Å². The lowest BCUT2D eigenvalue weighted by Gasteiger charge is -2.19. The second-order valence-corrected chi connectivity index (χ2v) is 4.59. The number of carbonyl (C=O) groups excluding carboxylic acids is 1. The van der Waals surface area contributed by atoms with Crippen LogP contribution in [0.25, 0.3) is 5.69 Å². The van der Waals surface area contributed by atoms with E-state index in [0.717, 1.165) is 5.69 Å². The minimum atomic E-state index is -0.146. The third-order valence-electron chi connectivity index (χ3n) is 2.90. The van der Waals surface area contributed by atoms with E-state index in [4.69, 9.17) is 16.3 Å². The topological polar surface area (TPSA) is 60.2 Å². The highest BCUT2D eigenvalue weighted by atomic mass is 35.5. The first kappa shape index (κ1) is 15.5. The minimum Gasteiger partial charge on any atom is -0.372 e. The zero-order chi connectivity index (χ0) is 15.2.